The summed E-state index contributed by atoms with van der Waals surface area (Å²) >= 11 is 1.58. The van der Waals surface area contributed by atoms with Gasteiger partial charge in [-0.1, -0.05) is 0 Å². The number of hydrogen-bond acceptors (Lipinski definition) is 5. The minimum absolute atomic E-state index is 0.141. The highest BCUT2D eigenvalue weighted by Gasteiger charge is 2.35. The van der Waals surface area contributed by atoms with Crippen molar-refractivity contribution in [3.63, 3.8) is 0 Å². The number of piperazine rings is 3. The highest BCUT2D eigenvalue weighted by atomic mass is 32.1. The molecule has 3 aliphatic rings. The summed E-state index contributed by atoms with van der Waals surface area (Å²) in [6.45, 7) is 9.27. The number of fused-ring (bicyclic) bond motifs is 3. The largest absolute Gasteiger partial charge is 0.299 e. The number of carbonyl (C=O) groups excluding carboxylic acids is 1. The molecule has 0 aromatic carbocycles. The third-order valence-electron chi connectivity index (χ3n) is 3.70. The molecule has 92 valence electrons. The first-order valence-corrected chi connectivity index (χ1v) is 6.91. The molecule has 1 aromatic rings. The fraction of sp³-hybridized carbons (Fsp3) is 0.667. The molecule has 0 saturated carbocycles. The lowest BCUT2D eigenvalue weighted by Crippen LogP contribution is -2.56. The number of aromatic nitrogens is 1. The number of carbonyl (C=O) groups is 1. The van der Waals surface area contributed by atoms with Gasteiger partial charge in [0.05, 0.1) is 16.6 Å². The van der Waals surface area contributed by atoms with E-state index in [0.717, 1.165) is 35.2 Å². The average Bonchev–Trinajstić information content (AvgIpc) is 2.73. The summed E-state index contributed by atoms with van der Waals surface area (Å²) in [6, 6.07) is 0.411. The summed E-state index contributed by atoms with van der Waals surface area (Å²) in [5.41, 5.74) is 0.898. The summed E-state index contributed by atoms with van der Waals surface area (Å²) in [7, 11) is 0. The van der Waals surface area contributed by atoms with Gasteiger partial charge >= 0.3 is 0 Å². The standard InChI is InChI=1S/C12H17N3OS/c1-8-11(9(2)16)17-12(13-8)10-7-14-3-5-15(10)6-4-14/h10H,3-7H2,1-2H3. The van der Waals surface area contributed by atoms with Crippen molar-refractivity contribution in [2.75, 3.05) is 32.7 Å². The molecule has 0 radical (unpaired) electrons. The molecular weight excluding hydrogens is 234 g/mol. The van der Waals surface area contributed by atoms with Crippen LogP contribution in [0, 0.1) is 6.92 Å². The van der Waals surface area contributed by atoms with Gasteiger partial charge < -0.3 is 0 Å². The van der Waals surface area contributed by atoms with Crippen LogP contribution in [0.25, 0.3) is 0 Å². The molecule has 1 unspecified atom stereocenters. The normalized spacial score (nSPS) is 31.8. The van der Waals surface area contributed by atoms with E-state index in [4.69, 9.17) is 0 Å². The molecule has 2 bridgehead atoms. The number of thiazole rings is 1. The number of rotatable bonds is 2. The van der Waals surface area contributed by atoms with Gasteiger partial charge in [0.2, 0.25) is 0 Å². The Morgan fingerprint density at radius 1 is 1.35 bits per heavy atom. The molecule has 4 nitrogen and oxygen atoms in total. The van der Waals surface area contributed by atoms with Crippen LogP contribution in [-0.2, 0) is 0 Å². The van der Waals surface area contributed by atoms with Crippen molar-refractivity contribution in [2.45, 2.75) is 19.9 Å². The molecule has 5 heteroatoms. The van der Waals surface area contributed by atoms with Crippen molar-refractivity contribution in [1.29, 1.82) is 0 Å². The molecule has 3 aliphatic heterocycles. The van der Waals surface area contributed by atoms with E-state index in [-0.39, 0.29) is 5.78 Å². The number of hydrogen-bond donors (Lipinski definition) is 0. The molecule has 1 atom stereocenters. The van der Waals surface area contributed by atoms with Crippen molar-refractivity contribution >= 4 is 17.1 Å². The van der Waals surface area contributed by atoms with Crippen LogP contribution in [-0.4, -0.2) is 53.3 Å². The Hall–Kier alpha value is -0.780. The Balaban J connectivity index is 1.89. The molecule has 0 N–H and O–H groups in total. The molecule has 3 fully saturated rings. The van der Waals surface area contributed by atoms with E-state index in [1.165, 1.54) is 13.1 Å². The molecule has 17 heavy (non-hydrogen) atoms. The van der Waals surface area contributed by atoms with Crippen LogP contribution in [0.4, 0.5) is 0 Å². The summed E-state index contributed by atoms with van der Waals surface area (Å²) in [6.07, 6.45) is 0. The van der Waals surface area contributed by atoms with E-state index in [9.17, 15) is 4.79 Å². The zero-order valence-electron chi connectivity index (χ0n) is 10.3. The quantitative estimate of drug-likeness (QED) is 0.743. The van der Waals surface area contributed by atoms with Gasteiger partial charge in [0.15, 0.2) is 5.78 Å². The number of Topliss-reactive ketones (excluding diaryl/α,β-unsaturated/α-hetero) is 1. The lowest BCUT2D eigenvalue weighted by Gasteiger charge is -2.46. The summed E-state index contributed by atoms with van der Waals surface area (Å²) < 4.78 is 0. The number of ketones is 1. The van der Waals surface area contributed by atoms with Crippen molar-refractivity contribution in [2.24, 2.45) is 0 Å². The van der Waals surface area contributed by atoms with Crippen LogP contribution < -0.4 is 0 Å². The van der Waals surface area contributed by atoms with Gasteiger partial charge in [-0.3, -0.25) is 14.6 Å². The highest BCUT2D eigenvalue weighted by Crippen LogP contribution is 2.32. The topological polar surface area (TPSA) is 36.4 Å². The van der Waals surface area contributed by atoms with E-state index in [1.54, 1.807) is 18.3 Å². The SMILES string of the molecule is CC(=O)c1sc(C2CN3CCN2CC3)nc1C. The lowest BCUT2D eigenvalue weighted by molar-refractivity contribution is 0.0122. The summed E-state index contributed by atoms with van der Waals surface area (Å²) in [5, 5.41) is 1.12. The van der Waals surface area contributed by atoms with Gasteiger partial charge in [-0.05, 0) is 6.92 Å². The Bertz CT molecular complexity index is 449. The van der Waals surface area contributed by atoms with Crippen LogP contribution in [0.2, 0.25) is 0 Å². The van der Waals surface area contributed by atoms with E-state index < -0.39 is 0 Å². The second-order valence-corrected chi connectivity index (χ2v) is 5.91. The van der Waals surface area contributed by atoms with Crippen molar-refractivity contribution in [1.82, 2.24) is 14.8 Å². The van der Waals surface area contributed by atoms with Gasteiger partial charge in [-0.25, -0.2) is 4.98 Å². The zero-order chi connectivity index (χ0) is 12.0. The minimum atomic E-state index is 0.141. The highest BCUT2D eigenvalue weighted by molar-refractivity contribution is 7.13. The summed E-state index contributed by atoms with van der Waals surface area (Å²) in [4.78, 5) is 21.9. The van der Waals surface area contributed by atoms with Gasteiger partial charge in [0.1, 0.15) is 5.01 Å². The minimum Gasteiger partial charge on any atom is -0.299 e. The van der Waals surface area contributed by atoms with Gasteiger partial charge in [0.25, 0.3) is 0 Å². The fourth-order valence-corrected chi connectivity index (χ4v) is 3.83. The maximum absolute atomic E-state index is 11.5. The molecule has 1 aromatic heterocycles. The van der Waals surface area contributed by atoms with Crippen LogP contribution >= 0.6 is 11.3 Å². The second-order valence-electron chi connectivity index (χ2n) is 4.88. The predicted molar refractivity (Wildman–Crippen MR) is 67.6 cm³/mol. The first kappa shape index (κ1) is 11.3. The van der Waals surface area contributed by atoms with E-state index in [0.29, 0.717) is 6.04 Å². The van der Waals surface area contributed by atoms with E-state index in [2.05, 4.69) is 14.8 Å². The van der Waals surface area contributed by atoms with E-state index in [1.807, 2.05) is 6.92 Å². The van der Waals surface area contributed by atoms with Crippen molar-refractivity contribution in [3.8, 4) is 0 Å². The van der Waals surface area contributed by atoms with Crippen molar-refractivity contribution < 1.29 is 4.79 Å². The molecule has 0 spiro atoms. The molecule has 4 heterocycles. The molecule has 0 amide bonds. The van der Waals surface area contributed by atoms with Crippen LogP contribution in [0.15, 0.2) is 0 Å². The van der Waals surface area contributed by atoms with Crippen LogP contribution in [0.3, 0.4) is 0 Å². The average molecular weight is 251 g/mol. The monoisotopic (exact) mass is 251 g/mol. The first-order chi connectivity index (χ1) is 8.15. The molecule has 0 aliphatic carbocycles. The van der Waals surface area contributed by atoms with Gasteiger partial charge in [-0.2, -0.15) is 0 Å². The van der Waals surface area contributed by atoms with E-state index >= 15 is 0 Å². The van der Waals surface area contributed by atoms with Gasteiger partial charge in [0, 0.05) is 39.6 Å². The van der Waals surface area contributed by atoms with Crippen LogP contribution in [0.1, 0.15) is 33.3 Å². The Labute approximate surface area is 105 Å². The Morgan fingerprint density at radius 2 is 2.06 bits per heavy atom. The fourth-order valence-electron chi connectivity index (χ4n) is 2.74. The third kappa shape index (κ3) is 1.92. The van der Waals surface area contributed by atoms with Gasteiger partial charge in [-0.15, -0.1) is 11.3 Å². The summed E-state index contributed by atoms with van der Waals surface area (Å²) in [5.74, 6) is 0.141. The third-order valence-corrected chi connectivity index (χ3v) is 5.06. The Morgan fingerprint density at radius 3 is 2.53 bits per heavy atom. The lowest BCUT2D eigenvalue weighted by atomic mass is 10.1. The Kier molecular flexibility index (Phi) is 2.77. The van der Waals surface area contributed by atoms with Crippen molar-refractivity contribution in [3.05, 3.63) is 15.6 Å². The molecular formula is C12H17N3OS. The number of nitrogens with zero attached hydrogens (tertiary/aromatic N) is 3. The maximum Gasteiger partial charge on any atom is 0.171 e. The van der Waals surface area contributed by atoms with Crippen LogP contribution in [0.5, 0.6) is 0 Å². The smallest absolute Gasteiger partial charge is 0.171 e. The first-order valence-electron chi connectivity index (χ1n) is 6.10. The maximum atomic E-state index is 11.5. The number of aryl methyl sites for hydroxylation is 1. The molecule has 3 saturated heterocycles. The predicted octanol–water partition coefficient (Wildman–Crippen LogP) is 1.33. The zero-order valence-corrected chi connectivity index (χ0v) is 11.1. The second kappa shape index (κ2) is 4.15. The molecule has 4 rings (SSSR count).